The molecule has 2 heterocycles. The molecule has 1 fully saturated rings. The molecule has 1 unspecified atom stereocenters. The first-order valence-corrected chi connectivity index (χ1v) is 2.58. The smallest absolute Gasteiger partial charge is 0.128 e. The second-order valence-electron chi connectivity index (χ2n) is 2.40. The minimum absolute atomic E-state index is 1.02. The van der Waals surface area contributed by atoms with E-state index in [1.807, 2.05) is 0 Å². The Morgan fingerprint density at radius 2 is 2.33 bits per heavy atom. The number of hydrogen-bond acceptors (Lipinski definition) is 0. The third-order valence-corrected chi connectivity index (χ3v) is 2.07. The average Bonchev–Trinajstić information content (AvgIpc) is 1.63. The van der Waals surface area contributed by atoms with Crippen LogP contribution in [0.5, 0.6) is 0 Å². The fraction of sp³-hybridized carbons (Fsp3) is 0.500. The van der Waals surface area contributed by atoms with Gasteiger partial charge in [-0.25, -0.2) is 0 Å². The number of allylic oxidation sites excluding steroid dienone is 1. The van der Waals surface area contributed by atoms with Crippen molar-refractivity contribution >= 4 is 13.2 Å². The molecule has 0 aromatic rings. The van der Waals surface area contributed by atoms with E-state index < -0.39 is 0 Å². The van der Waals surface area contributed by atoms with Crippen molar-refractivity contribution in [3.05, 3.63) is 12.1 Å². The summed E-state index contributed by atoms with van der Waals surface area (Å²) in [7, 11) is 0. The summed E-state index contributed by atoms with van der Waals surface area (Å²) in [6.45, 7) is 4.35. The zero-order chi connectivity index (χ0) is 4.15. The van der Waals surface area contributed by atoms with Crippen molar-refractivity contribution < 1.29 is 0 Å². The lowest BCUT2D eigenvalue weighted by Gasteiger charge is -1.90. The van der Waals surface area contributed by atoms with Gasteiger partial charge >= 0.3 is 0 Å². The molecule has 0 spiro atoms. The summed E-state index contributed by atoms with van der Waals surface area (Å²) in [6.07, 6.45) is 2.31. The topological polar surface area (TPSA) is 0 Å². The van der Waals surface area contributed by atoms with Gasteiger partial charge < -0.3 is 0 Å². The molecule has 1 saturated heterocycles. The summed E-state index contributed by atoms with van der Waals surface area (Å²) < 4.78 is 0. The van der Waals surface area contributed by atoms with Crippen molar-refractivity contribution in [1.82, 2.24) is 0 Å². The summed E-state index contributed by atoms with van der Waals surface area (Å²) in [6, 6.07) is 0. The Hall–Kier alpha value is -0.130. The molecule has 0 saturated carbocycles. The van der Waals surface area contributed by atoms with Gasteiger partial charge in [0.2, 0.25) is 0 Å². The second-order valence-corrected chi connectivity index (χ2v) is 2.40. The second kappa shape index (κ2) is 0.617. The lowest BCUT2D eigenvalue weighted by Crippen LogP contribution is -1.94. The lowest BCUT2D eigenvalue weighted by molar-refractivity contribution is 1.56. The van der Waals surface area contributed by atoms with Gasteiger partial charge in [0.15, 0.2) is 0 Å². The van der Waals surface area contributed by atoms with Crippen LogP contribution in [-0.4, -0.2) is 13.2 Å². The Morgan fingerprint density at radius 1 is 1.67 bits per heavy atom. The van der Waals surface area contributed by atoms with Gasteiger partial charge in [-0.1, -0.05) is 12.5 Å². The Morgan fingerprint density at radius 3 is 2.33 bits per heavy atom. The first-order valence-electron chi connectivity index (χ1n) is 2.58. The van der Waals surface area contributed by atoms with Crippen LogP contribution in [0.25, 0.3) is 0 Å². The van der Waals surface area contributed by atoms with Gasteiger partial charge in [-0.05, 0) is 0 Å². The summed E-state index contributed by atoms with van der Waals surface area (Å²) >= 11 is 0. The SMILES string of the molecule is CB1B2C=CC12. The first-order chi connectivity index (χ1) is 2.89. The Kier molecular flexibility index (Phi) is 0.303. The lowest BCUT2D eigenvalue weighted by atomic mass is 9.41. The molecule has 0 bridgehead atoms. The number of fused-ring (bicyclic) bond motifs is 1. The highest BCUT2D eigenvalue weighted by molar-refractivity contribution is 7.46. The fourth-order valence-corrected chi connectivity index (χ4v) is 1.24. The third-order valence-electron chi connectivity index (χ3n) is 2.07. The van der Waals surface area contributed by atoms with E-state index in [0.29, 0.717) is 0 Å². The molecule has 28 valence electrons. The highest BCUT2D eigenvalue weighted by Gasteiger charge is 2.53. The quantitative estimate of drug-likeness (QED) is 0.372. The molecule has 0 N–H and O–H groups in total. The third kappa shape index (κ3) is 0.144. The Labute approximate surface area is 38.8 Å². The van der Waals surface area contributed by atoms with Crippen LogP contribution in [0.15, 0.2) is 12.1 Å². The molecular weight excluding hydrogens is 69.7 g/mol. The van der Waals surface area contributed by atoms with Crippen LogP contribution in [0.4, 0.5) is 0 Å². The van der Waals surface area contributed by atoms with Crippen molar-refractivity contribution in [3.63, 3.8) is 0 Å². The van der Waals surface area contributed by atoms with Crippen LogP contribution in [0, 0.1) is 0 Å². The predicted octanol–water partition coefficient (Wildman–Crippen LogP) is 0.716. The van der Waals surface area contributed by atoms with Gasteiger partial charge in [-0.15, -0.1) is 12.1 Å². The number of hydrogen-bond donors (Lipinski definition) is 0. The van der Waals surface area contributed by atoms with E-state index in [-0.39, 0.29) is 0 Å². The normalized spacial score (nSPS) is 35.8. The van der Waals surface area contributed by atoms with E-state index in [0.717, 1.165) is 18.9 Å². The van der Waals surface area contributed by atoms with Crippen molar-refractivity contribution in [2.24, 2.45) is 0 Å². The van der Waals surface area contributed by atoms with Gasteiger partial charge in [-0.2, -0.15) is 0 Å². The van der Waals surface area contributed by atoms with Gasteiger partial charge in [0.05, 0.1) is 0 Å². The summed E-state index contributed by atoms with van der Waals surface area (Å²) in [5, 5.41) is 0. The van der Waals surface area contributed by atoms with Crippen molar-refractivity contribution in [1.29, 1.82) is 0 Å². The van der Waals surface area contributed by atoms with Crippen molar-refractivity contribution in [2.45, 2.75) is 12.5 Å². The van der Waals surface area contributed by atoms with Gasteiger partial charge in [-0.3, -0.25) is 0 Å². The zero-order valence-electron chi connectivity index (χ0n) is 3.89. The van der Waals surface area contributed by atoms with E-state index in [1.54, 1.807) is 0 Å². The van der Waals surface area contributed by atoms with Crippen molar-refractivity contribution in [3.8, 4) is 0 Å². The fourth-order valence-electron chi connectivity index (χ4n) is 1.24. The molecule has 0 aromatic heterocycles. The summed E-state index contributed by atoms with van der Waals surface area (Å²) in [4.78, 5) is 0. The maximum atomic E-state index is 2.31. The molecule has 2 aliphatic heterocycles. The molecule has 0 aromatic carbocycles. The Bertz CT molecular complexity index is 96.1. The highest BCUT2D eigenvalue weighted by Crippen LogP contribution is 2.43. The summed E-state index contributed by atoms with van der Waals surface area (Å²) in [5.41, 5.74) is 1.02. The molecular formula is C4H6B2. The maximum absolute atomic E-state index is 2.31. The molecule has 0 amide bonds. The Balaban J connectivity index is 2.26. The average molecular weight is 75.7 g/mol. The molecule has 6 heavy (non-hydrogen) atoms. The predicted molar refractivity (Wildman–Crippen MR) is 30.3 cm³/mol. The van der Waals surface area contributed by atoms with Crippen LogP contribution in [-0.2, 0) is 0 Å². The number of rotatable bonds is 0. The molecule has 2 heteroatoms. The van der Waals surface area contributed by atoms with Crippen LogP contribution in [0.1, 0.15) is 0 Å². The van der Waals surface area contributed by atoms with Gasteiger partial charge in [0, 0.05) is 0 Å². The molecule has 0 radical (unpaired) electrons. The van der Waals surface area contributed by atoms with E-state index >= 15 is 0 Å². The zero-order valence-corrected chi connectivity index (χ0v) is 3.89. The molecule has 2 rings (SSSR count). The van der Waals surface area contributed by atoms with E-state index in [9.17, 15) is 0 Å². The van der Waals surface area contributed by atoms with Gasteiger partial charge in [0.1, 0.15) is 13.2 Å². The van der Waals surface area contributed by atoms with Crippen LogP contribution < -0.4 is 0 Å². The minimum Gasteiger partial charge on any atom is -0.128 e. The van der Waals surface area contributed by atoms with Crippen LogP contribution in [0.2, 0.25) is 12.5 Å². The first kappa shape index (κ1) is 2.95. The van der Waals surface area contributed by atoms with Crippen LogP contribution >= 0.6 is 0 Å². The summed E-state index contributed by atoms with van der Waals surface area (Å²) in [5.74, 6) is 2.31. The molecule has 0 aliphatic carbocycles. The molecule has 1 atom stereocenters. The van der Waals surface area contributed by atoms with Gasteiger partial charge in [0.25, 0.3) is 0 Å². The standard InChI is InChI=1S/C4H6B2/c1-5-4-2-3-6(4)5/h2-4H,1H3. The van der Waals surface area contributed by atoms with E-state index in [2.05, 4.69) is 18.9 Å². The monoisotopic (exact) mass is 76.1 g/mol. The maximum Gasteiger partial charge on any atom is 0.134 e. The van der Waals surface area contributed by atoms with Crippen LogP contribution in [0.3, 0.4) is 0 Å². The molecule has 2 aliphatic rings. The highest BCUT2D eigenvalue weighted by atomic mass is 14.0. The molecule has 0 nitrogen and oxygen atoms in total. The van der Waals surface area contributed by atoms with Crippen molar-refractivity contribution in [2.75, 3.05) is 0 Å². The van der Waals surface area contributed by atoms with E-state index in [1.165, 1.54) is 0 Å². The minimum atomic E-state index is 1.02. The van der Waals surface area contributed by atoms with E-state index in [4.69, 9.17) is 0 Å². The largest absolute Gasteiger partial charge is 0.134 e.